The number of carbonyl (C=O) groups excluding carboxylic acids is 4. The zero-order valence-corrected chi connectivity index (χ0v) is 58.8. The van der Waals surface area contributed by atoms with Gasteiger partial charge in [0.1, 0.15) is 19.3 Å². The lowest BCUT2D eigenvalue weighted by Crippen LogP contribution is -2.30. The number of hydrogen-bond acceptors (Lipinski definition) is 15. The van der Waals surface area contributed by atoms with Crippen molar-refractivity contribution in [3.05, 3.63) is 0 Å². The van der Waals surface area contributed by atoms with E-state index in [1.54, 1.807) is 0 Å². The molecule has 5 atom stereocenters. The Labute approximate surface area is 537 Å². The molecule has 522 valence electrons. The summed E-state index contributed by atoms with van der Waals surface area (Å²) in [6, 6.07) is 0. The van der Waals surface area contributed by atoms with Crippen molar-refractivity contribution in [2.24, 2.45) is 11.8 Å². The normalized spacial score (nSPS) is 14.2. The second kappa shape index (κ2) is 61.3. The molecule has 88 heavy (non-hydrogen) atoms. The van der Waals surface area contributed by atoms with Crippen molar-refractivity contribution in [2.75, 3.05) is 39.6 Å². The van der Waals surface area contributed by atoms with Gasteiger partial charge in [-0.1, -0.05) is 298 Å². The van der Waals surface area contributed by atoms with Crippen molar-refractivity contribution < 1.29 is 80.2 Å². The van der Waals surface area contributed by atoms with E-state index in [1.807, 2.05) is 0 Å². The fraction of sp³-hybridized carbons (Fsp3) is 0.942. The van der Waals surface area contributed by atoms with Crippen molar-refractivity contribution in [1.29, 1.82) is 0 Å². The van der Waals surface area contributed by atoms with E-state index in [1.165, 1.54) is 161 Å². The third-order valence-corrected chi connectivity index (χ3v) is 17.9. The van der Waals surface area contributed by atoms with E-state index in [9.17, 15) is 43.2 Å². The van der Waals surface area contributed by atoms with Gasteiger partial charge < -0.3 is 33.8 Å². The third kappa shape index (κ3) is 62.8. The Bertz CT molecular complexity index is 1720. The molecule has 0 bridgehead atoms. The van der Waals surface area contributed by atoms with E-state index >= 15 is 0 Å². The van der Waals surface area contributed by atoms with E-state index in [0.29, 0.717) is 31.6 Å². The molecule has 0 aliphatic rings. The lowest BCUT2D eigenvalue weighted by Gasteiger charge is -2.21. The van der Waals surface area contributed by atoms with Crippen molar-refractivity contribution >= 4 is 39.5 Å². The summed E-state index contributed by atoms with van der Waals surface area (Å²) in [5.74, 6) is -0.662. The number of aliphatic hydroxyl groups excluding tert-OH is 1. The first-order chi connectivity index (χ1) is 42.4. The summed E-state index contributed by atoms with van der Waals surface area (Å²) >= 11 is 0. The Morgan fingerprint density at radius 2 is 0.523 bits per heavy atom. The summed E-state index contributed by atoms with van der Waals surface area (Å²) in [5.41, 5.74) is 0. The van der Waals surface area contributed by atoms with Crippen molar-refractivity contribution in [2.45, 2.75) is 368 Å². The first kappa shape index (κ1) is 86.1. The molecule has 0 aromatic heterocycles. The molecule has 0 radical (unpaired) electrons. The van der Waals surface area contributed by atoms with Crippen molar-refractivity contribution in [3.8, 4) is 0 Å². The summed E-state index contributed by atoms with van der Waals surface area (Å²) in [7, 11) is -9.89. The Morgan fingerprint density at radius 3 is 0.773 bits per heavy atom. The fourth-order valence-electron chi connectivity index (χ4n) is 10.4. The lowest BCUT2D eigenvalue weighted by molar-refractivity contribution is -0.161. The van der Waals surface area contributed by atoms with Gasteiger partial charge in [-0.25, -0.2) is 9.13 Å². The van der Waals surface area contributed by atoms with Crippen molar-refractivity contribution in [1.82, 2.24) is 0 Å². The maximum Gasteiger partial charge on any atom is 0.472 e. The SMILES string of the molecule is CCCCCCCCCCCCCCCCCCC(=O)O[C@H](COC(=O)CCCCCCCCCCCCCC(C)C)COP(=O)(O)OC[C@@H](O)COP(=O)(O)OC[C@@H](COC(=O)CCCCCCCCCC)OC(=O)CCCCCCCCCC(C)C. The van der Waals surface area contributed by atoms with Gasteiger partial charge in [-0.2, -0.15) is 0 Å². The van der Waals surface area contributed by atoms with Crippen LogP contribution in [-0.4, -0.2) is 96.7 Å². The number of phosphoric ester groups is 2. The van der Waals surface area contributed by atoms with Crippen LogP contribution in [0, 0.1) is 11.8 Å². The first-order valence-corrected chi connectivity index (χ1v) is 39.0. The number of rotatable bonds is 68. The largest absolute Gasteiger partial charge is 0.472 e. The Kier molecular flexibility index (Phi) is 59.9. The summed E-state index contributed by atoms with van der Waals surface area (Å²) in [4.78, 5) is 72.4. The van der Waals surface area contributed by atoms with Crippen LogP contribution in [0.3, 0.4) is 0 Å². The van der Waals surface area contributed by atoms with Crippen LogP contribution >= 0.6 is 15.6 Å². The second-order valence-electron chi connectivity index (χ2n) is 25.9. The molecule has 17 nitrogen and oxygen atoms in total. The van der Waals surface area contributed by atoms with Gasteiger partial charge in [0.2, 0.25) is 0 Å². The molecular weight excluding hydrogens is 1160 g/mol. The molecule has 0 saturated carbocycles. The van der Waals surface area contributed by atoms with Crippen LogP contribution < -0.4 is 0 Å². The molecule has 19 heteroatoms. The molecule has 0 heterocycles. The molecule has 0 aromatic rings. The third-order valence-electron chi connectivity index (χ3n) is 16.0. The maximum absolute atomic E-state index is 13.0. The summed E-state index contributed by atoms with van der Waals surface area (Å²) in [5, 5.41) is 10.6. The molecule has 0 saturated heterocycles. The number of aliphatic hydroxyl groups is 1. The van der Waals surface area contributed by atoms with Gasteiger partial charge in [0.25, 0.3) is 0 Å². The Balaban J connectivity index is 5.22. The molecule has 0 aliphatic heterocycles. The molecule has 0 fully saturated rings. The average Bonchev–Trinajstić information content (AvgIpc) is 3.60. The van der Waals surface area contributed by atoms with Gasteiger partial charge in [-0.3, -0.25) is 37.3 Å². The molecule has 0 spiro atoms. The van der Waals surface area contributed by atoms with Gasteiger partial charge in [-0.05, 0) is 37.5 Å². The van der Waals surface area contributed by atoms with E-state index in [4.69, 9.17) is 37.0 Å². The highest BCUT2D eigenvalue weighted by Gasteiger charge is 2.30. The molecule has 2 unspecified atom stereocenters. The number of unbranched alkanes of at least 4 members (excludes halogenated alkanes) is 38. The van der Waals surface area contributed by atoms with Crippen LogP contribution in [0.25, 0.3) is 0 Å². The van der Waals surface area contributed by atoms with Gasteiger partial charge >= 0.3 is 39.5 Å². The lowest BCUT2D eigenvalue weighted by atomic mass is 10.0. The number of hydrogen-bond donors (Lipinski definition) is 3. The Morgan fingerprint density at radius 1 is 0.307 bits per heavy atom. The molecule has 0 aliphatic carbocycles. The predicted octanol–water partition coefficient (Wildman–Crippen LogP) is 19.6. The minimum atomic E-state index is -4.95. The summed E-state index contributed by atoms with van der Waals surface area (Å²) < 4.78 is 68.2. The zero-order valence-electron chi connectivity index (χ0n) is 57.0. The Hall–Kier alpha value is -1.94. The van der Waals surface area contributed by atoms with Crippen molar-refractivity contribution in [3.63, 3.8) is 0 Å². The summed E-state index contributed by atoms with van der Waals surface area (Å²) in [6.07, 6.45) is 45.9. The number of ether oxygens (including phenoxy) is 4. The molecule has 0 amide bonds. The molecule has 0 rings (SSSR count). The second-order valence-corrected chi connectivity index (χ2v) is 28.8. The monoisotopic (exact) mass is 1300 g/mol. The molecular formula is C69H134O17P2. The van der Waals surface area contributed by atoms with Crippen LogP contribution in [0.1, 0.15) is 350 Å². The van der Waals surface area contributed by atoms with E-state index in [0.717, 1.165) is 102 Å². The van der Waals surface area contributed by atoms with E-state index in [2.05, 4.69) is 41.5 Å². The van der Waals surface area contributed by atoms with Gasteiger partial charge in [-0.15, -0.1) is 0 Å². The minimum Gasteiger partial charge on any atom is -0.462 e. The van der Waals surface area contributed by atoms with Gasteiger partial charge in [0, 0.05) is 25.7 Å². The first-order valence-electron chi connectivity index (χ1n) is 36.0. The molecule has 0 aromatic carbocycles. The quantitative estimate of drug-likeness (QED) is 0.0222. The molecule has 3 N–H and O–H groups in total. The average molecular weight is 1300 g/mol. The number of phosphoric acid groups is 2. The highest BCUT2D eigenvalue weighted by atomic mass is 31.2. The van der Waals surface area contributed by atoms with Crippen LogP contribution in [-0.2, 0) is 65.4 Å². The smallest absolute Gasteiger partial charge is 0.462 e. The van der Waals surface area contributed by atoms with Gasteiger partial charge in [0.05, 0.1) is 26.4 Å². The number of carbonyl (C=O) groups is 4. The van der Waals surface area contributed by atoms with Crippen LogP contribution in [0.5, 0.6) is 0 Å². The van der Waals surface area contributed by atoms with Crippen LogP contribution in [0.15, 0.2) is 0 Å². The fourth-order valence-corrected chi connectivity index (χ4v) is 12.0. The van der Waals surface area contributed by atoms with Crippen LogP contribution in [0.4, 0.5) is 0 Å². The van der Waals surface area contributed by atoms with Crippen LogP contribution in [0.2, 0.25) is 0 Å². The topological polar surface area (TPSA) is 237 Å². The zero-order chi connectivity index (χ0) is 65.0. The number of esters is 4. The van der Waals surface area contributed by atoms with E-state index in [-0.39, 0.29) is 25.7 Å². The highest BCUT2D eigenvalue weighted by molar-refractivity contribution is 7.47. The van der Waals surface area contributed by atoms with E-state index < -0.39 is 97.5 Å². The van der Waals surface area contributed by atoms with Gasteiger partial charge in [0.15, 0.2) is 12.2 Å². The standard InChI is InChI=1S/C69H134O17P2/c1-7-9-11-13-15-17-18-19-20-21-22-25-29-35-41-47-53-68(73)85-64(58-80-67(72)52-46-40-34-28-26-23-24-27-31-37-43-49-61(3)4)59-83-87(75,76)81-55-63(70)56-82-88(77,78)84-60-65(57-79-66(71)51-45-39-33-16-14-12-10-8-2)86-69(74)54-48-42-36-30-32-38-44-50-62(5)6/h61-65,70H,7-60H2,1-6H3,(H,75,76)(H,77,78)/t63-,64-,65-/m1/s1. The maximum atomic E-state index is 13.0. The minimum absolute atomic E-state index is 0.103. The summed E-state index contributed by atoms with van der Waals surface area (Å²) in [6.45, 7) is 9.46. The predicted molar refractivity (Wildman–Crippen MR) is 354 cm³/mol. The highest BCUT2D eigenvalue weighted by Crippen LogP contribution is 2.45.